The summed E-state index contributed by atoms with van der Waals surface area (Å²) < 4.78 is 11.0. The Hall–Kier alpha value is -1.71. The molecule has 17 heavy (non-hydrogen) atoms. The van der Waals surface area contributed by atoms with Crippen LogP contribution < -0.4 is 14.8 Å². The predicted molar refractivity (Wildman–Crippen MR) is 64.2 cm³/mol. The van der Waals surface area contributed by atoms with Crippen molar-refractivity contribution in [3.05, 3.63) is 24.3 Å². The topological polar surface area (TPSA) is 47.6 Å². The van der Waals surface area contributed by atoms with Crippen molar-refractivity contribution in [2.24, 2.45) is 5.92 Å². The van der Waals surface area contributed by atoms with Crippen LogP contribution in [0.25, 0.3) is 0 Å². The normalized spacial score (nSPS) is 14.2. The van der Waals surface area contributed by atoms with E-state index in [1.807, 2.05) is 24.3 Å². The molecule has 1 aliphatic carbocycles. The molecule has 1 fully saturated rings. The molecule has 4 heteroatoms. The summed E-state index contributed by atoms with van der Waals surface area (Å²) in [7, 11) is 1.58. The Morgan fingerprint density at radius 3 is 2.71 bits per heavy atom. The van der Waals surface area contributed by atoms with Crippen LogP contribution in [0.1, 0.15) is 12.8 Å². The SMILES string of the molecule is CNC(=O)COc1cccc(OCC2CC2)c1. The van der Waals surface area contributed by atoms with Gasteiger partial charge in [-0.05, 0) is 30.9 Å². The Balaban J connectivity index is 1.84. The van der Waals surface area contributed by atoms with E-state index in [0.29, 0.717) is 5.75 Å². The molecule has 1 N–H and O–H groups in total. The number of carbonyl (C=O) groups excluding carboxylic acids is 1. The first-order chi connectivity index (χ1) is 8.28. The minimum atomic E-state index is -0.144. The lowest BCUT2D eigenvalue weighted by atomic mass is 10.3. The molecule has 1 amide bonds. The number of hydrogen-bond donors (Lipinski definition) is 1. The third-order valence-corrected chi connectivity index (χ3v) is 2.64. The van der Waals surface area contributed by atoms with Gasteiger partial charge in [0.2, 0.25) is 0 Å². The van der Waals surface area contributed by atoms with Crippen molar-refractivity contribution in [1.29, 1.82) is 0 Å². The van der Waals surface area contributed by atoms with Gasteiger partial charge in [0.15, 0.2) is 6.61 Å². The van der Waals surface area contributed by atoms with E-state index in [2.05, 4.69) is 5.32 Å². The van der Waals surface area contributed by atoms with Gasteiger partial charge in [0.05, 0.1) is 6.61 Å². The number of ether oxygens (including phenoxy) is 2. The Bertz CT molecular complexity index is 388. The Kier molecular flexibility index (Phi) is 3.85. The number of benzene rings is 1. The molecule has 0 bridgehead atoms. The molecule has 92 valence electrons. The monoisotopic (exact) mass is 235 g/mol. The van der Waals surface area contributed by atoms with E-state index >= 15 is 0 Å². The highest BCUT2D eigenvalue weighted by molar-refractivity contribution is 5.77. The van der Waals surface area contributed by atoms with E-state index < -0.39 is 0 Å². The van der Waals surface area contributed by atoms with Gasteiger partial charge in [-0.3, -0.25) is 4.79 Å². The van der Waals surface area contributed by atoms with Crippen LogP contribution >= 0.6 is 0 Å². The van der Waals surface area contributed by atoms with Crippen molar-refractivity contribution in [1.82, 2.24) is 5.32 Å². The van der Waals surface area contributed by atoms with Gasteiger partial charge in [0.25, 0.3) is 5.91 Å². The fourth-order valence-electron chi connectivity index (χ4n) is 1.37. The van der Waals surface area contributed by atoms with Gasteiger partial charge < -0.3 is 14.8 Å². The highest BCUT2D eigenvalue weighted by Gasteiger charge is 2.21. The molecular weight excluding hydrogens is 218 g/mol. The van der Waals surface area contributed by atoms with Gasteiger partial charge in [-0.15, -0.1) is 0 Å². The molecule has 1 aromatic carbocycles. The van der Waals surface area contributed by atoms with E-state index in [-0.39, 0.29) is 12.5 Å². The van der Waals surface area contributed by atoms with Crippen LogP contribution in [0.5, 0.6) is 11.5 Å². The Morgan fingerprint density at radius 2 is 2.06 bits per heavy atom. The van der Waals surface area contributed by atoms with Gasteiger partial charge in [0.1, 0.15) is 11.5 Å². The zero-order chi connectivity index (χ0) is 12.1. The number of rotatable bonds is 6. The van der Waals surface area contributed by atoms with Crippen LogP contribution in [0.4, 0.5) is 0 Å². The van der Waals surface area contributed by atoms with E-state index in [1.165, 1.54) is 12.8 Å². The summed E-state index contributed by atoms with van der Waals surface area (Å²) in [6, 6.07) is 7.38. The molecule has 1 saturated carbocycles. The molecule has 1 aromatic rings. The molecule has 0 atom stereocenters. The maximum absolute atomic E-state index is 11.0. The molecule has 0 unspecified atom stereocenters. The summed E-state index contributed by atoms with van der Waals surface area (Å²) in [6.07, 6.45) is 2.54. The summed E-state index contributed by atoms with van der Waals surface area (Å²) in [5.74, 6) is 2.04. The highest BCUT2D eigenvalue weighted by atomic mass is 16.5. The molecule has 0 radical (unpaired) electrons. The second-order valence-electron chi connectivity index (χ2n) is 4.19. The molecule has 2 rings (SSSR count). The zero-order valence-electron chi connectivity index (χ0n) is 9.94. The summed E-state index contributed by atoms with van der Waals surface area (Å²) >= 11 is 0. The highest BCUT2D eigenvalue weighted by Crippen LogP contribution is 2.30. The summed E-state index contributed by atoms with van der Waals surface area (Å²) in [4.78, 5) is 11.0. The second-order valence-corrected chi connectivity index (χ2v) is 4.19. The lowest BCUT2D eigenvalue weighted by Gasteiger charge is -2.08. The maximum atomic E-state index is 11.0. The molecule has 4 nitrogen and oxygen atoms in total. The first-order valence-corrected chi connectivity index (χ1v) is 5.84. The molecular formula is C13H17NO3. The van der Waals surface area contributed by atoms with Gasteiger partial charge in [-0.2, -0.15) is 0 Å². The van der Waals surface area contributed by atoms with E-state index in [4.69, 9.17) is 9.47 Å². The molecule has 0 heterocycles. The van der Waals surface area contributed by atoms with Gasteiger partial charge in [0, 0.05) is 13.1 Å². The number of likely N-dealkylation sites (N-methyl/N-ethyl adjacent to an activating group) is 1. The van der Waals surface area contributed by atoms with Gasteiger partial charge in [-0.25, -0.2) is 0 Å². The van der Waals surface area contributed by atoms with Crippen LogP contribution in [0.2, 0.25) is 0 Å². The van der Waals surface area contributed by atoms with Crippen molar-refractivity contribution < 1.29 is 14.3 Å². The Morgan fingerprint density at radius 1 is 1.35 bits per heavy atom. The average molecular weight is 235 g/mol. The lowest BCUT2D eigenvalue weighted by Crippen LogP contribution is -2.24. The molecule has 0 aromatic heterocycles. The number of hydrogen-bond acceptors (Lipinski definition) is 3. The predicted octanol–water partition coefficient (Wildman–Crippen LogP) is 1.60. The third-order valence-electron chi connectivity index (χ3n) is 2.64. The minimum absolute atomic E-state index is 0.0303. The Labute approximate surface area is 101 Å². The first kappa shape index (κ1) is 11.8. The van der Waals surface area contributed by atoms with Crippen molar-refractivity contribution >= 4 is 5.91 Å². The summed E-state index contributed by atoms with van der Waals surface area (Å²) in [5.41, 5.74) is 0. The number of amides is 1. The standard InChI is InChI=1S/C13H17NO3/c1-14-13(15)9-17-12-4-2-3-11(7-12)16-8-10-5-6-10/h2-4,7,10H,5-6,8-9H2,1H3,(H,14,15). The van der Waals surface area contributed by atoms with E-state index in [0.717, 1.165) is 18.3 Å². The summed E-state index contributed by atoms with van der Waals surface area (Å²) in [5, 5.41) is 2.50. The van der Waals surface area contributed by atoms with Crippen molar-refractivity contribution in [2.45, 2.75) is 12.8 Å². The van der Waals surface area contributed by atoms with Crippen molar-refractivity contribution in [3.8, 4) is 11.5 Å². The maximum Gasteiger partial charge on any atom is 0.257 e. The van der Waals surface area contributed by atoms with Gasteiger partial charge in [-0.1, -0.05) is 6.07 Å². The molecule has 0 spiro atoms. The van der Waals surface area contributed by atoms with E-state index in [1.54, 1.807) is 7.05 Å². The fourth-order valence-corrected chi connectivity index (χ4v) is 1.37. The first-order valence-electron chi connectivity index (χ1n) is 5.84. The van der Waals surface area contributed by atoms with Crippen LogP contribution in [0.15, 0.2) is 24.3 Å². The quantitative estimate of drug-likeness (QED) is 0.814. The van der Waals surface area contributed by atoms with E-state index in [9.17, 15) is 4.79 Å². The van der Waals surface area contributed by atoms with Crippen LogP contribution in [-0.4, -0.2) is 26.2 Å². The lowest BCUT2D eigenvalue weighted by molar-refractivity contribution is -0.122. The largest absolute Gasteiger partial charge is 0.493 e. The zero-order valence-corrected chi connectivity index (χ0v) is 9.94. The van der Waals surface area contributed by atoms with Crippen molar-refractivity contribution in [3.63, 3.8) is 0 Å². The molecule has 0 saturated heterocycles. The average Bonchev–Trinajstić information content (AvgIpc) is 3.18. The van der Waals surface area contributed by atoms with Crippen LogP contribution in [-0.2, 0) is 4.79 Å². The number of carbonyl (C=O) groups is 1. The smallest absolute Gasteiger partial charge is 0.257 e. The molecule has 0 aliphatic heterocycles. The molecule has 1 aliphatic rings. The summed E-state index contributed by atoms with van der Waals surface area (Å²) in [6.45, 7) is 0.807. The van der Waals surface area contributed by atoms with Crippen molar-refractivity contribution in [2.75, 3.05) is 20.3 Å². The third kappa shape index (κ3) is 3.98. The minimum Gasteiger partial charge on any atom is -0.493 e. The van der Waals surface area contributed by atoms with Gasteiger partial charge >= 0.3 is 0 Å². The van der Waals surface area contributed by atoms with Crippen LogP contribution in [0, 0.1) is 5.92 Å². The fraction of sp³-hybridized carbons (Fsp3) is 0.462. The number of nitrogens with one attached hydrogen (secondary N) is 1. The second kappa shape index (κ2) is 5.57. The van der Waals surface area contributed by atoms with Crippen LogP contribution in [0.3, 0.4) is 0 Å².